The van der Waals surface area contributed by atoms with Gasteiger partial charge in [0, 0.05) is 0 Å². The van der Waals surface area contributed by atoms with Crippen molar-refractivity contribution in [2.75, 3.05) is 13.2 Å². The molecule has 0 heterocycles. The molecule has 3 heteroatoms. The van der Waals surface area contributed by atoms with Crippen LogP contribution in [0.15, 0.2) is 28.7 Å². The van der Waals surface area contributed by atoms with Crippen LogP contribution in [0.2, 0.25) is 0 Å². The molecule has 0 aromatic heterocycles. The van der Waals surface area contributed by atoms with E-state index in [0.717, 1.165) is 23.2 Å². The lowest BCUT2D eigenvalue weighted by Crippen LogP contribution is -2.94. The Morgan fingerprint density at radius 2 is 1.88 bits per heavy atom. The molecule has 0 unspecified atom stereocenters. The van der Waals surface area contributed by atoms with Crippen molar-refractivity contribution in [3.8, 4) is 5.75 Å². The van der Waals surface area contributed by atoms with Crippen LogP contribution in [0, 0.1) is 0 Å². The number of para-hydroxylation sites is 1. The van der Waals surface area contributed by atoms with Gasteiger partial charge in [-0.1, -0.05) is 12.1 Å². The molecule has 0 radical (unpaired) electrons. The molecule has 0 bridgehead atoms. The zero-order valence-corrected chi connectivity index (χ0v) is 12.6. The Labute approximate surface area is 113 Å². The van der Waals surface area contributed by atoms with E-state index in [2.05, 4.69) is 42.0 Å². The van der Waals surface area contributed by atoms with Crippen molar-refractivity contribution >= 4 is 15.9 Å². The number of halogens is 1. The summed E-state index contributed by atoms with van der Waals surface area (Å²) in [5.41, 5.74) is 0.337. The number of quaternary nitrogens is 1. The van der Waals surface area contributed by atoms with Gasteiger partial charge in [-0.25, -0.2) is 0 Å². The van der Waals surface area contributed by atoms with Crippen LogP contribution in [-0.4, -0.2) is 18.7 Å². The van der Waals surface area contributed by atoms with Crippen molar-refractivity contribution in [3.05, 3.63) is 28.7 Å². The van der Waals surface area contributed by atoms with Crippen LogP contribution < -0.4 is 10.1 Å². The largest absolute Gasteiger partial charge is 0.492 e. The van der Waals surface area contributed by atoms with Gasteiger partial charge in [0.25, 0.3) is 0 Å². The summed E-state index contributed by atoms with van der Waals surface area (Å²) >= 11 is 3.47. The van der Waals surface area contributed by atoms with E-state index < -0.39 is 0 Å². The van der Waals surface area contributed by atoms with E-state index in [9.17, 15) is 0 Å². The second-order valence-corrected chi connectivity index (χ2v) is 6.20. The maximum absolute atomic E-state index is 5.71. The van der Waals surface area contributed by atoms with Crippen LogP contribution in [0.3, 0.4) is 0 Å². The standard InChI is InChI=1S/C14H22BrNO/c1-14(2,3)16-10-6-7-11-17-13-9-5-4-8-12(13)15/h4-5,8-9,16H,6-7,10-11H2,1-3H3/p+1. The molecular formula is C14H23BrNO+. The summed E-state index contributed by atoms with van der Waals surface area (Å²) in [5.74, 6) is 0.937. The number of ether oxygens (including phenoxy) is 1. The molecule has 1 aromatic carbocycles. The molecule has 0 fully saturated rings. The predicted octanol–water partition coefficient (Wildman–Crippen LogP) is 2.97. The van der Waals surface area contributed by atoms with Gasteiger partial charge in [-0.15, -0.1) is 0 Å². The Morgan fingerprint density at radius 1 is 1.18 bits per heavy atom. The molecule has 0 aliphatic carbocycles. The highest BCUT2D eigenvalue weighted by Gasteiger charge is 2.11. The summed E-state index contributed by atoms with van der Waals surface area (Å²) in [5, 5.41) is 2.38. The molecule has 0 aliphatic heterocycles. The first kappa shape index (κ1) is 14.5. The molecule has 0 aliphatic rings. The van der Waals surface area contributed by atoms with Crippen molar-refractivity contribution < 1.29 is 10.1 Å². The van der Waals surface area contributed by atoms with Gasteiger partial charge < -0.3 is 10.1 Å². The van der Waals surface area contributed by atoms with Gasteiger partial charge >= 0.3 is 0 Å². The van der Waals surface area contributed by atoms with E-state index in [4.69, 9.17) is 4.74 Å². The van der Waals surface area contributed by atoms with E-state index in [1.54, 1.807) is 0 Å². The highest BCUT2D eigenvalue weighted by molar-refractivity contribution is 9.10. The van der Waals surface area contributed by atoms with Gasteiger partial charge in [0.2, 0.25) is 0 Å². The summed E-state index contributed by atoms with van der Waals surface area (Å²) < 4.78 is 6.74. The van der Waals surface area contributed by atoms with E-state index in [-0.39, 0.29) is 0 Å². The van der Waals surface area contributed by atoms with E-state index in [0.29, 0.717) is 5.54 Å². The summed E-state index contributed by atoms with van der Waals surface area (Å²) in [6.07, 6.45) is 2.30. The number of unbranched alkanes of at least 4 members (excludes halogenated alkanes) is 1. The SMILES string of the molecule is CC(C)(C)[NH2+]CCCCOc1ccccc1Br. The molecule has 0 atom stereocenters. The third kappa shape index (κ3) is 6.69. The molecule has 96 valence electrons. The quantitative estimate of drug-likeness (QED) is 0.803. The molecule has 0 amide bonds. The Balaban J connectivity index is 2.11. The molecule has 0 spiro atoms. The van der Waals surface area contributed by atoms with Gasteiger partial charge in [-0.2, -0.15) is 0 Å². The van der Waals surface area contributed by atoms with Crippen molar-refractivity contribution in [3.63, 3.8) is 0 Å². The second kappa shape index (κ2) is 7.02. The molecule has 1 aromatic rings. The average molecular weight is 301 g/mol. The summed E-state index contributed by atoms with van der Waals surface area (Å²) in [7, 11) is 0. The first-order valence-electron chi connectivity index (χ1n) is 6.21. The molecule has 0 saturated carbocycles. The Kier molecular flexibility index (Phi) is 6.00. The third-order valence-electron chi connectivity index (χ3n) is 2.45. The van der Waals surface area contributed by atoms with Gasteiger partial charge in [0.05, 0.1) is 23.2 Å². The van der Waals surface area contributed by atoms with Gasteiger partial charge in [0.1, 0.15) is 5.75 Å². The maximum Gasteiger partial charge on any atom is 0.133 e. The number of hydrogen-bond donors (Lipinski definition) is 1. The summed E-state index contributed by atoms with van der Waals surface area (Å²) in [4.78, 5) is 0. The molecular weight excluding hydrogens is 278 g/mol. The molecule has 0 saturated heterocycles. The minimum absolute atomic E-state index is 0.337. The zero-order chi connectivity index (χ0) is 12.7. The maximum atomic E-state index is 5.71. The third-order valence-corrected chi connectivity index (χ3v) is 3.10. The molecule has 1 rings (SSSR count). The average Bonchev–Trinajstić information content (AvgIpc) is 2.24. The second-order valence-electron chi connectivity index (χ2n) is 5.34. The van der Waals surface area contributed by atoms with Crippen LogP contribution in [0.25, 0.3) is 0 Å². The lowest BCUT2D eigenvalue weighted by Gasteiger charge is -2.16. The van der Waals surface area contributed by atoms with Crippen molar-refractivity contribution in [1.29, 1.82) is 0 Å². The van der Waals surface area contributed by atoms with Crippen LogP contribution in [-0.2, 0) is 0 Å². The Bertz CT molecular complexity index is 333. The van der Waals surface area contributed by atoms with Crippen molar-refractivity contribution in [2.24, 2.45) is 0 Å². The van der Waals surface area contributed by atoms with Crippen LogP contribution in [0.1, 0.15) is 33.6 Å². The highest BCUT2D eigenvalue weighted by atomic mass is 79.9. The molecule has 2 N–H and O–H groups in total. The summed E-state index contributed by atoms with van der Waals surface area (Å²) in [6.45, 7) is 8.68. The minimum atomic E-state index is 0.337. The lowest BCUT2D eigenvalue weighted by atomic mass is 10.1. The van der Waals surface area contributed by atoms with Gasteiger partial charge in [0.15, 0.2) is 0 Å². The van der Waals surface area contributed by atoms with Crippen molar-refractivity contribution in [1.82, 2.24) is 0 Å². The summed E-state index contributed by atoms with van der Waals surface area (Å²) in [6, 6.07) is 7.98. The fraction of sp³-hybridized carbons (Fsp3) is 0.571. The minimum Gasteiger partial charge on any atom is -0.492 e. The highest BCUT2D eigenvalue weighted by Crippen LogP contribution is 2.23. The fourth-order valence-electron chi connectivity index (χ4n) is 1.53. The zero-order valence-electron chi connectivity index (χ0n) is 11.0. The number of hydrogen-bond acceptors (Lipinski definition) is 1. The first-order chi connectivity index (χ1) is 7.99. The van der Waals surface area contributed by atoms with E-state index in [1.165, 1.54) is 13.0 Å². The predicted molar refractivity (Wildman–Crippen MR) is 75.4 cm³/mol. The monoisotopic (exact) mass is 300 g/mol. The van der Waals surface area contributed by atoms with Crippen LogP contribution >= 0.6 is 15.9 Å². The lowest BCUT2D eigenvalue weighted by molar-refractivity contribution is -0.717. The topological polar surface area (TPSA) is 25.8 Å². The normalized spacial score (nSPS) is 11.5. The smallest absolute Gasteiger partial charge is 0.133 e. The Hall–Kier alpha value is -0.540. The van der Waals surface area contributed by atoms with Gasteiger partial charge in [-0.05, 0) is 61.7 Å². The van der Waals surface area contributed by atoms with Crippen molar-refractivity contribution in [2.45, 2.75) is 39.2 Å². The Morgan fingerprint density at radius 3 is 2.53 bits per heavy atom. The van der Waals surface area contributed by atoms with Gasteiger partial charge in [-0.3, -0.25) is 0 Å². The van der Waals surface area contributed by atoms with E-state index >= 15 is 0 Å². The van der Waals surface area contributed by atoms with Crippen LogP contribution in [0.4, 0.5) is 0 Å². The molecule has 2 nitrogen and oxygen atoms in total. The van der Waals surface area contributed by atoms with Crippen LogP contribution in [0.5, 0.6) is 5.75 Å². The first-order valence-corrected chi connectivity index (χ1v) is 7.00. The number of rotatable bonds is 6. The molecule has 17 heavy (non-hydrogen) atoms. The van der Waals surface area contributed by atoms with E-state index in [1.807, 2.05) is 24.3 Å². The number of benzene rings is 1. The number of nitrogens with two attached hydrogens (primary N) is 1. The fourth-order valence-corrected chi connectivity index (χ4v) is 1.92.